The molecule has 0 saturated heterocycles. The highest BCUT2D eigenvalue weighted by Gasteiger charge is 2.13. The molecule has 0 heterocycles. The summed E-state index contributed by atoms with van der Waals surface area (Å²) in [6.45, 7) is 9.43. The van der Waals surface area contributed by atoms with E-state index in [2.05, 4.69) is 63.3 Å². The van der Waals surface area contributed by atoms with E-state index in [1.54, 1.807) is 11.8 Å². The van der Waals surface area contributed by atoms with Crippen molar-refractivity contribution in [2.45, 2.75) is 49.6 Å². The topological polar surface area (TPSA) is 12.0 Å². The van der Waals surface area contributed by atoms with Gasteiger partial charge in [0.1, 0.15) is 0 Å². The summed E-state index contributed by atoms with van der Waals surface area (Å²) in [6.07, 6.45) is 0. The van der Waals surface area contributed by atoms with Gasteiger partial charge in [0.05, 0.1) is 5.02 Å². The average molecular weight is 320 g/mol. The Kier molecular flexibility index (Phi) is 5.37. The molecule has 3 heteroatoms. The maximum Gasteiger partial charge on any atom is 0.0548 e. The molecular weight excluding hydrogens is 298 g/mol. The van der Waals surface area contributed by atoms with Crippen LogP contribution < -0.4 is 5.32 Å². The van der Waals surface area contributed by atoms with Gasteiger partial charge in [-0.15, -0.1) is 0 Å². The Hall–Kier alpha value is -0.960. The first-order valence-corrected chi connectivity index (χ1v) is 8.31. The van der Waals surface area contributed by atoms with Crippen LogP contribution in [0.25, 0.3) is 0 Å². The standard InChI is InChI=1S/C18H22ClNS/c1-13-8-10-15(11-9-13)21-17-14(6-5-7-16(17)19)12-20-18(2,3)4/h5-11,20H,12H2,1-4H3. The Morgan fingerprint density at radius 1 is 1.05 bits per heavy atom. The Morgan fingerprint density at radius 3 is 2.33 bits per heavy atom. The van der Waals surface area contributed by atoms with Gasteiger partial charge in [-0.25, -0.2) is 0 Å². The second kappa shape index (κ2) is 6.87. The Balaban J connectivity index is 2.23. The van der Waals surface area contributed by atoms with E-state index in [1.165, 1.54) is 16.0 Å². The van der Waals surface area contributed by atoms with Crippen LogP contribution in [-0.2, 0) is 6.54 Å². The molecule has 0 bridgehead atoms. The molecule has 0 aromatic heterocycles. The van der Waals surface area contributed by atoms with E-state index < -0.39 is 0 Å². The highest BCUT2D eigenvalue weighted by Crippen LogP contribution is 2.36. The van der Waals surface area contributed by atoms with Crippen molar-refractivity contribution in [2.24, 2.45) is 0 Å². The van der Waals surface area contributed by atoms with Crippen molar-refractivity contribution < 1.29 is 0 Å². The molecule has 2 aromatic carbocycles. The van der Waals surface area contributed by atoms with Gasteiger partial charge in [0.2, 0.25) is 0 Å². The van der Waals surface area contributed by atoms with E-state index in [1.807, 2.05) is 12.1 Å². The van der Waals surface area contributed by atoms with Crippen molar-refractivity contribution in [3.8, 4) is 0 Å². The summed E-state index contributed by atoms with van der Waals surface area (Å²) < 4.78 is 0. The maximum atomic E-state index is 6.41. The minimum atomic E-state index is 0.0914. The molecule has 0 aliphatic carbocycles. The number of nitrogens with one attached hydrogen (secondary N) is 1. The number of rotatable bonds is 4. The van der Waals surface area contributed by atoms with Crippen LogP contribution in [0, 0.1) is 6.92 Å². The van der Waals surface area contributed by atoms with E-state index in [0.717, 1.165) is 16.5 Å². The molecule has 0 saturated carbocycles. The van der Waals surface area contributed by atoms with Crippen LogP contribution >= 0.6 is 23.4 Å². The fraction of sp³-hybridized carbons (Fsp3) is 0.333. The molecular formula is C18H22ClNS. The van der Waals surface area contributed by atoms with Gasteiger partial charge in [0.25, 0.3) is 0 Å². The number of aryl methyl sites for hydroxylation is 1. The summed E-state index contributed by atoms with van der Waals surface area (Å²) in [5.41, 5.74) is 2.60. The van der Waals surface area contributed by atoms with Gasteiger partial charge in [-0.3, -0.25) is 0 Å². The van der Waals surface area contributed by atoms with Gasteiger partial charge in [0.15, 0.2) is 0 Å². The lowest BCUT2D eigenvalue weighted by atomic mass is 10.1. The number of hydrogen-bond acceptors (Lipinski definition) is 2. The molecule has 0 spiro atoms. The Bertz CT molecular complexity index is 600. The van der Waals surface area contributed by atoms with E-state index in [0.29, 0.717) is 0 Å². The third kappa shape index (κ3) is 5.06. The number of hydrogen-bond donors (Lipinski definition) is 1. The van der Waals surface area contributed by atoms with E-state index >= 15 is 0 Å². The van der Waals surface area contributed by atoms with Crippen molar-refractivity contribution in [3.05, 3.63) is 58.6 Å². The highest BCUT2D eigenvalue weighted by molar-refractivity contribution is 7.99. The molecule has 112 valence electrons. The molecule has 0 aliphatic rings. The van der Waals surface area contributed by atoms with Crippen LogP contribution in [0.3, 0.4) is 0 Å². The molecule has 1 nitrogen and oxygen atoms in total. The Labute approximate surface area is 137 Å². The molecule has 2 aromatic rings. The summed E-state index contributed by atoms with van der Waals surface area (Å²) in [6, 6.07) is 14.7. The first-order valence-electron chi connectivity index (χ1n) is 7.12. The maximum absolute atomic E-state index is 6.41. The predicted molar refractivity (Wildman–Crippen MR) is 93.3 cm³/mol. The predicted octanol–water partition coefficient (Wildman–Crippen LogP) is 5.69. The lowest BCUT2D eigenvalue weighted by Gasteiger charge is -2.22. The second-order valence-corrected chi connectivity index (χ2v) is 7.74. The van der Waals surface area contributed by atoms with Crippen LogP contribution in [0.4, 0.5) is 0 Å². The molecule has 2 rings (SSSR count). The Morgan fingerprint density at radius 2 is 1.71 bits per heavy atom. The monoisotopic (exact) mass is 319 g/mol. The molecule has 0 aliphatic heterocycles. The zero-order chi connectivity index (χ0) is 15.5. The first-order chi connectivity index (χ1) is 9.85. The van der Waals surface area contributed by atoms with Gasteiger partial charge in [0, 0.05) is 21.9 Å². The third-order valence-electron chi connectivity index (χ3n) is 3.10. The smallest absolute Gasteiger partial charge is 0.0548 e. The van der Waals surface area contributed by atoms with Crippen molar-refractivity contribution >= 4 is 23.4 Å². The molecule has 1 N–H and O–H groups in total. The molecule has 0 fully saturated rings. The van der Waals surface area contributed by atoms with Crippen LogP contribution in [-0.4, -0.2) is 5.54 Å². The highest BCUT2D eigenvalue weighted by atomic mass is 35.5. The zero-order valence-electron chi connectivity index (χ0n) is 13.0. The average Bonchev–Trinajstić information content (AvgIpc) is 2.41. The van der Waals surface area contributed by atoms with Gasteiger partial charge in [-0.05, 0) is 51.5 Å². The summed E-state index contributed by atoms with van der Waals surface area (Å²) in [7, 11) is 0. The normalized spacial score (nSPS) is 11.7. The number of benzene rings is 2. The van der Waals surface area contributed by atoms with E-state index in [9.17, 15) is 0 Å². The first kappa shape index (κ1) is 16.4. The van der Waals surface area contributed by atoms with Crippen LogP contribution in [0.5, 0.6) is 0 Å². The molecule has 0 radical (unpaired) electrons. The molecule has 0 unspecified atom stereocenters. The summed E-state index contributed by atoms with van der Waals surface area (Å²) in [5, 5.41) is 4.34. The van der Waals surface area contributed by atoms with Crippen LogP contribution in [0.1, 0.15) is 31.9 Å². The minimum Gasteiger partial charge on any atom is -0.308 e. The molecule has 21 heavy (non-hydrogen) atoms. The minimum absolute atomic E-state index is 0.0914. The van der Waals surface area contributed by atoms with Gasteiger partial charge < -0.3 is 5.32 Å². The van der Waals surface area contributed by atoms with Crippen molar-refractivity contribution in [3.63, 3.8) is 0 Å². The fourth-order valence-electron chi connectivity index (χ4n) is 1.89. The zero-order valence-corrected chi connectivity index (χ0v) is 14.6. The lowest BCUT2D eigenvalue weighted by Crippen LogP contribution is -2.35. The van der Waals surface area contributed by atoms with E-state index in [-0.39, 0.29) is 5.54 Å². The SMILES string of the molecule is Cc1ccc(Sc2c(Cl)cccc2CNC(C)(C)C)cc1. The van der Waals surface area contributed by atoms with Gasteiger partial charge >= 0.3 is 0 Å². The van der Waals surface area contributed by atoms with Crippen LogP contribution in [0.15, 0.2) is 52.3 Å². The summed E-state index contributed by atoms with van der Waals surface area (Å²) >= 11 is 8.14. The van der Waals surface area contributed by atoms with E-state index in [4.69, 9.17) is 11.6 Å². The van der Waals surface area contributed by atoms with Gasteiger partial charge in [-0.1, -0.05) is 53.2 Å². The van der Waals surface area contributed by atoms with Gasteiger partial charge in [-0.2, -0.15) is 0 Å². The number of halogens is 1. The molecule has 0 atom stereocenters. The van der Waals surface area contributed by atoms with Crippen molar-refractivity contribution in [1.29, 1.82) is 0 Å². The van der Waals surface area contributed by atoms with Crippen LogP contribution in [0.2, 0.25) is 5.02 Å². The quantitative estimate of drug-likeness (QED) is 0.777. The second-order valence-electron chi connectivity index (χ2n) is 6.25. The fourth-order valence-corrected chi connectivity index (χ4v) is 3.15. The van der Waals surface area contributed by atoms with Crippen molar-refractivity contribution in [2.75, 3.05) is 0 Å². The lowest BCUT2D eigenvalue weighted by molar-refractivity contribution is 0.422. The largest absolute Gasteiger partial charge is 0.308 e. The summed E-state index contributed by atoms with van der Waals surface area (Å²) in [4.78, 5) is 2.35. The third-order valence-corrected chi connectivity index (χ3v) is 4.72. The summed E-state index contributed by atoms with van der Waals surface area (Å²) in [5.74, 6) is 0. The van der Waals surface area contributed by atoms with Crippen molar-refractivity contribution in [1.82, 2.24) is 5.32 Å². The molecule has 0 amide bonds.